The molecule has 2 aliphatic heterocycles. The van der Waals surface area contributed by atoms with E-state index in [-0.39, 0.29) is 12.5 Å². The number of halogens is 1. The van der Waals surface area contributed by atoms with E-state index in [1.807, 2.05) is 12.1 Å². The summed E-state index contributed by atoms with van der Waals surface area (Å²) in [6.45, 7) is 3.34. The Morgan fingerprint density at radius 1 is 1.15 bits per heavy atom. The second-order valence-electron chi connectivity index (χ2n) is 9.06. The van der Waals surface area contributed by atoms with Crippen LogP contribution in [-0.2, 0) is 26.4 Å². The van der Waals surface area contributed by atoms with Crippen molar-refractivity contribution < 1.29 is 19.5 Å². The minimum absolute atomic E-state index is 0.0213. The van der Waals surface area contributed by atoms with Crippen molar-refractivity contribution in [2.45, 2.75) is 67.7 Å². The molecule has 176 valence electrons. The molecule has 9 heteroatoms. The Kier molecular flexibility index (Phi) is 7.02. The van der Waals surface area contributed by atoms with Crippen LogP contribution in [0.3, 0.4) is 0 Å². The number of aryl methyl sites for hydroxylation is 1. The Balaban J connectivity index is 1.54. The standard InChI is InChI=1S/C24H28ClN3O4S/c1-23(13-16-12-11-15-7-3-6-10-20(15)33-28-16)14-19(29)21(30)26-24(2,22(31)27-32-23)17-8-4-5-9-18(17)25/h3-10,16,19,28-29H,11-14H2,1-2H3,(H,26,30)(H,27,31)/t16-,19+,23?,24-/m1/s1. The van der Waals surface area contributed by atoms with Crippen molar-refractivity contribution in [3.05, 3.63) is 64.7 Å². The van der Waals surface area contributed by atoms with Crippen LogP contribution >= 0.6 is 23.5 Å². The maximum atomic E-state index is 13.2. The van der Waals surface area contributed by atoms with Gasteiger partial charge < -0.3 is 10.4 Å². The molecule has 0 aliphatic carbocycles. The summed E-state index contributed by atoms with van der Waals surface area (Å²) in [5.74, 6) is -1.22. The van der Waals surface area contributed by atoms with Crippen molar-refractivity contribution in [2.75, 3.05) is 0 Å². The van der Waals surface area contributed by atoms with E-state index in [1.165, 1.54) is 10.5 Å². The Bertz CT molecular complexity index is 1030. The third-order valence-corrected chi connectivity index (χ3v) is 7.71. The van der Waals surface area contributed by atoms with Crippen molar-refractivity contribution in [1.29, 1.82) is 0 Å². The number of carbonyl (C=O) groups is 2. The molecule has 0 bridgehead atoms. The molecule has 2 heterocycles. The lowest BCUT2D eigenvalue weighted by Crippen LogP contribution is -2.55. The molecule has 0 aromatic heterocycles. The summed E-state index contributed by atoms with van der Waals surface area (Å²) in [5, 5.41) is 13.7. The van der Waals surface area contributed by atoms with Gasteiger partial charge in [-0.1, -0.05) is 48.0 Å². The number of benzene rings is 2. The van der Waals surface area contributed by atoms with E-state index in [2.05, 4.69) is 27.7 Å². The largest absolute Gasteiger partial charge is 0.383 e. The van der Waals surface area contributed by atoms with Crippen LogP contribution in [0.25, 0.3) is 0 Å². The Labute approximate surface area is 202 Å². The third-order valence-electron chi connectivity index (χ3n) is 6.31. The Morgan fingerprint density at radius 2 is 1.88 bits per heavy atom. The number of nitrogens with one attached hydrogen (secondary N) is 3. The molecule has 1 unspecified atom stereocenters. The van der Waals surface area contributed by atoms with Gasteiger partial charge in [0, 0.05) is 27.9 Å². The molecule has 4 N–H and O–H groups in total. The first-order valence-corrected chi connectivity index (χ1v) is 12.1. The second-order valence-corrected chi connectivity index (χ2v) is 10.4. The summed E-state index contributed by atoms with van der Waals surface area (Å²) in [4.78, 5) is 33.2. The van der Waals surface area contributed by atoms with E-state index < -0.39 is 29.1 Å². The highest BCUT2D eigenvalue weighted by atomic mass is 35.5. The molecular weight excluding hydrogens is 462 g/mol. The minimum Gasteiger partial charge on any atom is -0.383 e. The minimum atomic E-state index is -1.51. The highest BCUT2D eigenvalue weighted by molar-refractivity contribution is 7.97. The van der Waals surface area contributed by atoms with Crippen molar-refractivity contribution in [3.8, 4) is 0 Å². The van der Waals surface area contributed by atoms with E-state index in [0.717, 1.165) is 12.8 Å². The van der Waals surface area contributed by atoms with Crippen LogP contribution in [0, 0.1) is 0 Å². The number of hydrogen-bond donors (Lipinski definition) is 4. The van der Waals surface area contributed by atoms with Crippen LogP contribution in [0.2, 0.25) is 5.02 Å². The van der Waals surface area contributed by atoms with Gasteiger partial charge >= 0.3 is 0 Å². The van der Waals surface area contributed by atoms with E-state index in [4.69, 9.17) is 16.4 Å². The van der Waals surface area contributed by atoms with E-state index >= 15 is 0 Å². The lowest BCUT2D eigenvalue weighted by molar-refractivity contribution is -0.160. The predicted molar refractivity (Wildman–Crippen MR) is 127 cm³/mol. The third kappa shape index (κ3) is 5.20. The van der Waals surface area contributed by atoms with Crippen molar-refractivity contribution >= 4 is 35.4 Å². The number of amides is 2. The van der Waals surface area contributed by atoms with Crippen LogP contribution in [0.5, 0.6) is 0 Å². The summed E-state index contributed by atoms with van der Waals surface area (Å²) in [5.41, 5.74) is 1.74. The summed E-state index contributed by atoms with van der Waals surface area (Å²) < 4.78 is 3.47. The van der Waals surface area contributed by atoms with Crippen LogP contribution in [-0.4, -0.2) is 34.7 Å². The number of hydroxylamine groups is 1. The summed E-state index contributed by atoms with van der Waals surface area (Å²) in [6, 6.07) is 15.1. The molecular formula is C24H28ClN3O4S. The normalized spacial score (nSPS) is 30.7. The van der Waals surface area contributed by atoms with E-state index in [0.29, 0.717) is 17.0 Å². The fourth-order valence-corrected chi connectivity index (χ4v) is 5.66. The maximum absolute atomic E-state index is 13.2. The number of rotatable bonds is 3. The van der Waals surface area contributed by atoms with Crippen LogP contribution in [0.4, 0.5) is 0 Å². The van der Waals surface area contributed by atoms with Gasteiger partial charge in [0.1, 0.15) is 11.6 Å². The highest BCUT2D eigenvalue weighted by Crippen LogP contribution is 2.34. The van der Waals surface area contributed by atoms with E-state index in [9.17, 15) is 14.7 Å². The van der Waals surface area contributed by atoms with Gasteiger partial charge in [-0.2, -0.15) is 0 Å². The maximum Gasteiger partial charge on any atom is 0.273 e. The van der Waals surface area contributed by atoms with Gasteiger partial charge in [-0.25, -0.2) is 5.48 Å². The molecule has 2 aromatic carbocycles. The summed E-state index contributed by atoms with van der Waals surface area (Å²) in [6.07, 6.45) is 0.905. The van der Waals surface area contributed by atoms with E-state index in [1.54, 1.807) is 50.1 Å². The molecule has 1 fully saturated rings. The lowest BCUT2D eigenvalue weighted by Gasteiger charge is -2.33. The van der Waals surface area contributed by atoms with Gasteiger partial charge in [0.25, 0.3) is 5.91 Å². The fourth-order valence-electron chi connectivity index (χ4n) is 4.39. The molecule has 33 heavy (non-hydrogen) atoms. The molecule has 0 saturated carbocycles. The zero-order chi connectivity index (χ0) is 23.6. The topological polar surface area (TPSA) is 99.7 Å². The van der Waals surface area contributed by atoms with Gasteiger partial charge in [-0.05, 0) is 62.8 Å². The van der Waals surface area contributed by atoms with Crippen molar-refractivity contribution in [1.82, 2.24) is 15.5 Å². The van der Waals surface area contributed by atoms with Crippen LogP contribution in [0.1, 0.15) is 44.2 Å². The molecule has 2 aromatic rings. The van der Waals surface area contributed by atoms with Gasteiger partial charge in [0.2, 0.25) is 5.91 Å². The molecule has 2 amide bonds. The second kappa shape index (κ2) is 9.64. The molecule has 4 rings (SSSR count). The molecule has 7 nitrogen and oxygen atoms in total. The summed E-state index contributed by atoms with van der Waals surface area (Å²) >= 11 is 7.89. The number of aliphatic hydroxyl groups excluding tert-OH is 1. The SMILES string of the molecule is CC1(C[C@H]2CCc3ccccc3SN2)C[C@H](O)C(=O)N[C@](C)(c2ccccc2Cl)C(=O)NO1. The lowest BCUT2D eigenvalue weighted by atomic mass is 9.88. The number of carbonyl (C=O) groups excluding carboxylic acids is 2. The Hall–Kier alpha value is -2.10. The van der Waals surface area contributed by atoms with Crippen molar-refractivity contribution in [3.63, 3.8) is 0 Å². The fraction of sp³-hybridized carbons (Fsp3) is 0.417. The smallest absolute Gasteiger partial charge is 0.273 e. The quantitative estimate of drug-likeness (QED) is 0.494. The molecule has 0 radical (unpaired) electrons. The van der Waals surface area contributed by atoms with Gasteiger partial charge in [-0.3, -0.25) is 19.1 Å². The van der Waals surface area contributed by atoms with Crippen LogP contribution < -0.4 is 15.5 Å². The van der Waals surface area contributed by atoms with Gasteiger partial charge in [0.05, 0.1) is 5.60 Å². The zero-order valence-corrected chi connectivity index (χ0v) is 20.1. The highest BCUT2D eigenvalue weighted by Gasteiger charge is 2.45. The Morgan fingerprint density at radius 3 is 2.67 bits per heavy atom. The average molecular weight is 490 g/mol. The van der Waals surface area contributed by atoms with Crippen molar-refractivity contribution in [2.24, 2.45) is 0 Å². The van der Waals surface area contributed by atoms with Gasteiger partial charge in [0.15, 0.2) is 0 Å². The van der Waals surface area contributed by atoms with Crippen LogP contribution in [0.15, 0.2) is 53.4 Å². The molecule has 2 aliphatic rings. The zero-order valence-electron chi connectivity index (χ0n) is 18.6. The first kappa shape index (κ1) is 24.0. The monoisotopic (exact) mass is 489 g/mol. The molecule has 4 atom stereocenters. The summed E-state index contributed by atoms with van der Waals surface area (Å²) in [7, 11) is 0. The molecule has 0 spiro atoms. The average Bonchev–Trinajstić information content (AvgIpc) is 2.98. The number of fused-ring (bicyclic) bond motifs is 1. The van der Waals surface area contributed by atoms with Gasteiger partial charge in [-0.15, -0.1) is 0 Å². The first-order chi connectivity index (χ1) is 15.7. The number of aliphatic hydroxyl groups is 1. The predicted octanol–water partition coefficient (Wildman–Crippen LogP) is 3.24. The first-order valence-electron chi connectivity index (χ1n) is 10.9. The number of hydrogen-bond acceptors (Lipinski definition) is 6. The molecule has 1 saturated heterocycles.